The lowest BCUT2D eigenvalue weighted by molar-refractivity contribution is -0.137. The number of pyridine rings is 1. The van der Waals surface area contributed by atoms with Crippen molar-refractivity contribution in [2.24, 2.45) is 0 Å². The topological polar surface area (TPSA) is 50.2 Å². The SMILES string of the molecule is O=C(O)c1cccc(-c2cc(C(F)(F)F)cc(Cl)n2)c1. The highest BCUT2D eigenvalue weighted by atomic mass is 35.5. The summed E-state index contributed by atoms with van der Waals surface area (Å²) in [5, 5.41) is 8.56. The fraction of sp³-hybridized carbons (Fsp3) is 0.0769. The molecule has 0 aliphatic heterocycles. The molecule has 1 aromatic heterocycles. The van der Waals surface area contributed by atoms with E-state index in [0.29, 0.717) is 6.07 Å². The summed E-state index contributed by atoms with van der Waals surface area (Å²) in [6.07, 6.45) is -4.55. The Kier molecular flexibility index (Phi) is 3.67. The van der Waals surface area contributed by atoms with Crippen LogP contribution >= 0.6 is 11.6 Å². The van der Waals surface area contributed by atoms with E-state index in [2.05, 4.69) is 4.98 Å². The average molecular weight is 302 g/mol. The molecule has 2 rings (SSSR count). The minimum absolute atomic E-state index is 0.0343. The zero-order valence-electron chi connectivity index (χ0n) is 9.78. The van der Waals surface area contributed by atoms with Crippen LogP contribution in [0, 0.1) is 0 Å². The normalized spacial score (nSPS) is 11.4. The predicted molar refractivity (Wildman–Crippen MR) is 66.6 cm³/mol. The molecule has 1 aromatic carbocycles. The highest BCUT2D eigenvalue weighted by Crippen LogP contribution is 2.33. The van der Waals surface area contributed by atoms with E-state index in [1.165, 1.54) is 24.3 Å². The van der Waals surface area contributed by atoms with Crippen LogP contribution in [0.3, 0.4) is 0 Å². The number of carboxylic acids is 1. The zero-order chi connectivity index (χ0) is 14.9. The molecule has 2 aromatic rings. The Morgan fingerprint density at radius 2 is 1.90 bits per heavy atom. The van der Waals surface area contributed by atoms with Crippen LogP contribution in [0.1, 0.15) is 15.9 Å². The summed E-state index contributed by atoms with van der Waals surface area (Å²) in [5.74, 6) is -1.18. The van der Waals surface area contributed by atoms with Crippen molar-refractivity contribution in [3.63, 3.8) is 0 Å². The Bertz CT molecular complexity index is 671. The lowest BCUT2D eigenvalue weighted by atomic mass is 10.1. The number of carboxylic acid groups (broad SMARTS) is 1. The molecule has 0 atom stereocenters. The molecule has 3 nitrogen and oxygen atoms in total. The molecule has 1 N–H and O–H groups in total. The fourth-order valence-corrected chi connectivity index (χ4v) is 1.83. The standard InChI is InChI=1S/C13H7ClF3NO2/c14-11-6-9(13(15,16)17)5-10(18-11)7-2-1-3-8(4-7)12(19)20/h1-6H,(H,19,20). The van der Waals surface area contributed by atoms with Gasteiger partial charge in [0.1, 0.15) is 5.15 Å². The van der Waals surface area contributed by atoms with Crippen LogP contribution in [0.15, 0.2) is 36.4 Å². The van der Waals surface area contributed by atoms with Crippen molar-refractivity contribution in [2.75, 3.05) is 0 Å². The maximum Gasteiger partial charge on any atom is 0.416 e. The van der Waals surface area contributed by atoms with E-state index < -0.39 is 17.7 Å². The minimum Gasteiger partial charge on any atom is -0.478 e. The predicted octanol–water partition coefficient (Wildman–Crippen LogP) is 4.12. The van der Waals surface area contributed by atoms with Crippen LogP contribution in [0.5, 0.6) is 0 Å². The maximum atomic E-state index is 12.7. The Hall–Kier alpha value is -2.08. The van der Waals surface area contributed by atoms with Crippen LogP contribution in [-0.2, 0) is 6.18 Å². The van der Waals surface area contributed by atoms with E-state index >= 15 is 0 Å². The fourth-order valence-electron chi connectivity index (χ4n) is 1.62. The number of alkyl halides is 3. The van der Waals surface area contributed by atoms with Gasteiger partial charge in [0.15, 0.2) is 0 Å². The molecule has 7 heteroatoms. The first kappa shape index (κ1) is 14.3. The van der Waals surface area contributed by atoms with Crippen molar-refractivity contribution < 1.29 is 23.1 Å². The smallest absolute Gasteiger partial charge is 0.416 e. The van der Waals surface area contributed by atoms with Gasteiger partial charge >= 0.3 is 12.1 Å². The molecule has 0 saturated carbocycles. The Morgan fingerprint density at radius 1 is 1.20 bits per heavy atom. The molecule has 0 unspecified atom stereocenters. The third-order valence-electron chi connectivity index (χ3n) is 2.53. The first-order chi connectivity index (χ1) is 9.27. The molecular formula is C13H7ClF3NO2. The second kappa shape index (κ2) is 5.13. The molecule has 0 bridgehead atoms. The van der Waals surface area contributed by atoms with E-state index in [9.17, 15) is 18.0 Å². The van der Waals surface area contributed by atoms with Gasteiger partial charge in [-0.05, 0) is 24.3 Å². The molecule has 0 saturated heterocycles. The number of benzene rings is 1. The molecule has 0 fully saturated rings. The van der Waals surface area contributed by atoms with Crippen molar-refractivity contribution in [1.82, 2.24) is 4.98 Å². The van der Waals surface area contributed by atoms with E-state index in [0.717, 1.165) is 6.07 Å². The van der Waals surface area contributed by atoms with Gasteiger partial charge in [-0.15, -0.1) is 0 Å². The summed E-state index contributed by atoms with van der Waals surface area (Å²) in [6.45, 7) is 0. The first-order valence-electron chi connectivity index (χ1n) is 5.36. The van der Waals surface area contributed by atoms with Gasteiger partial charge in [-0.25, -0.2) is 9.78 Å². The van der Waals surface area contributed by atoms with Crippen molar-refractivity contribution in [1.29, 1.82) is 0 Å². The summed E-state index contributed by atoms with van der Waals surface area (Å²) in [7, 11) is 0. The van der Waals surface area contributed by atoms with Crippen LogP contribution < -0.4 is 0 Å². The number of nitrogens with zero attached hydrogens (tertiary/aromatic N) is 1. The van der Waals surface area contributed by atoms with Gasteiger partial charge in [0.05, 0.1) is 16.8 Å². The largest absolute Gasteiger partial charge is 0.478 e. The molecule has 1 heterocycles. The quantitative estimate of drug-likeness (QED) is 0.849. The Labute approximate surface area is 116 Å². The van der Waals surface area contributed by atoms with Crippen LogP contribution in [0.25, 0.3) is 11.3 Å². The van der Waals surface area contributed by atoms with Crippen molar-refractivity contribution >= 4 is 17.6 Å². The van der Waals surface area contributed by atoms with Gasteiger partial charge in [0.2, 0.25) is 0 Å². The zero-order valence-corrected chi connectivity index (χ0v) is 10.5. The highest BCUT2D eigenvalue weighted by molar-refractivity contribution is 6.29. The van der Waals surface area contributed by atoms with Crippen LogP contribution in [-0.4, -0.2) is 16.1 Å². The van der Waals surface area contributed by atoms with Gasteiger partial charge in [-0.3, -0.25) is 0 Å². The molecule has 0 spiro atoms. The molecule has 0 radical (unpaired) electrons. The van der Waals surface area contributed by atoms with E-state index in [1.807, 2.05) is 0 Å². The number of carbonyl (C=O) groups is 1. The monoisotopic (exact) mass is 301 g/mol. The number of aromatic nitrogens is 1. The number of aromatic carboxylic acids is 1. The summed E-state index contributed by atoms with van der Waals surface area (Å²) in [6, 6.07) is 7.00. The van der Waals surface area contributed by atoms with Crippen molar-refractivity contribution in [3.8, 4) is 11.3 Å². The lowest BCUT2D eigenvalue weighted by Crippen LogP contribution is -2.06. The van der Waals surface area contributed by atoms with Gasteiger partial charge in [0.25, 0.3) is 0 Å². The number of hydrogen-bond acceptors (Lipinski definition) is 2. The molecule has 0 aliphatic carbocycles. The first-order valence-corrected chi connectivity index (χ1v) is 5.73. The van der Waals surface area contributed by atoms with Gasteiger partial charge in [-0.2, -0.15) is 13.2 Å². The molecule has 0 aliphatic rings. The minimum atomic E-state index is -4.55. The maximum absolute atomic E-state index is 12.7. The van der Waals surface area contributed by atoms with Gasteiger partial charge in [0, 0.05) is 5.56 Å². The summed E-state index contributed by atoms with van der Waals surface area (Å²) in [4.78, 5) is 14.6. The Balaban J connectivity index is 2.55. The third kappa shape index (κ3) is 3.08. The summed E-state index contributed by atoms with van der Waals surface area (Å²) in [5.41, 5.74) is -0.767. The molecular weight excluding hydrogens is 295 g/mol. The second-order valence-electron chi connectivity index (χ2n) is 3.95. The van der Waals surface area contributed by atoms with Crippen LogP contribution in [0.2, 0.25) is 5.15 Å². The highest BCUT2D eigenvalue weighted by Gasteiger charge is 2.31. The van der Waals surface area contributed by atoms with E-state index in [1.54, 1.807) is 0 Å². The number of rotatable bonds is 2. The van der Waals surface area contributed by atoms with Gasteiger partial charge < -0.3 is 5.11 Å². The summed E-state index contributed by atoms with van der Waals surface area (Å²) >= 11 is 5.58. The second-order valence-corrected chi connectivity index (χ2v) is 4.33. The average Bonchev–Trinajstić information content (AvgIpc) is 2.37. The Morgan fingerprint density at radius 3 is 2.50 bits per heavy atom. The molecule has 104 valence electrons. The van der Waals surface area contributed by atoms with Crippen molar-refractivity contribution in [2.45, 2.75) is 6.18 Å². The molecule has 20 heavy (non-hydrogen) atoms. The lowest BCUT2D eigenvalue weighted by Gasteiger charge is -2.09. The van der Waals surface area contributed by atoms with Crippen molar-refractivity contribution in [3.05, 3.63) is 52.7 Å². The van der Waals surface area contributed by atoms with E-state index in [4.69, 9.17) is 16.7 Å². The number of hydrogen-bond donors (Lipinski definition) is 1. The number of halogens is 4. The third-order valence-corrected chi connectivity index (χ3v) is 2.72. The molecule has 0 amide bonds. The van der Waals surface area contributed by atoms with E-state index in [-0.39, 0.29) is 22.0 Å². The van der Waals surface area contributed by atoms with Gasteiger partial charge in [-0.1, -0.05) is 23.7 Å². The van der Waals surface area contributed by atoms with Crippen LogP contribution in [0.4, 0.5) is 13.2 Å². The summed E-state index contributed by atoms with van der Waals surface area (Å²) < 4.78 is 38.1.